The van der Waals surface area contributed by atoms with Crippen LogP contribution >= 0.6 is 0 Å². The lowest BCUT2D eigenvalue weighted by Crippen LogP contribution is -2.13. The number of nitrogen functional groups attached to an aromatic ring is 1. The smallest absolute Gasteiger partial charge is 0.119 e. The van der Waals surface area contributed by atoms with E-state index in [9.17, 15) is 0 Å². The largest absolute Gasteiger partial charge is 0.491 e. The first-order valence-corrected chi connectivity index (χ1v) is 6.86. The minimum atomic E-state index is 0.537. The van der Waals surface area contributed by atoms with Gasteiger partial charge in [-0.05, 0) is 30.2 Å². The Morgan fingerprint density at radius 1 is 1.00 bits per heavy atom. The van der Waals surface area contributed by atoms with Crippen LogP contribution in [0.2, 0.25) is 0 Å². The Morgan fingerprint density at radius 3 is 2.32 bits per heavy atom. The second-order valence-corrected chi connectivity index (χ2v) is 4.62. The summed E-state index contributed by atoms with van der Waals surface area (Å²) in [5, 5.41) is 0. The van der Waals surface area contributed by atoms with Crippen molar-refractivity contribution >= 4 is 5.69 Å². The van der Waals surface area contributed by atoms with Gasteiger partial charge < -0.3 is 19.9 Å². The quantitative estimate of drug-likeness (QED) is 0.523. The zero-order chi connectivity index (χ0) is 13.9. The van der Waals surface area contributed by atoms with Crippen LogP contribution in [0.1, 0.15) is 20.3 Å². The zero-order valence-electron chi connectivity index (χ0n) is 11.9. The predicted octanol–water partition coefficient (Wildman–Crippen LogP) is 2.73. The Bertz CT molecular complexity index is 327. The molecule has 108 valence electrons. The van der Waals surface area contributed by atoms with Gasteiger partial charge in [-0.25, -0.2) is 0 Å². The van der Waals surface area contributed by atoms with Crippen molar-refractivity contribution in [1.82, 2.24) is 0 Å². The molecular formula is C15H25NO3. The summed E-state index contributed by atoms with van der Waals surface area (Å²) in [6.07, 6.45) is 1.15. The first-order valence-electron chi connectivity index (χ1n) is 6.86. The maximum atomic E-state index is 5.59. The number of ether oxygens (including phenoxy) is 3. The molecule has 0 aliphatic heterocycles. The summed E-state index contributed by atoms with van der Waals surface area (Å²) in [5.41, 5.74) is 6.32. The highest BCUT2D eigenvalue weighted by atomic mass is 16.5. The van der Waals surface area contributed by atoms with Gasteiger partial charge in [0.05, 0.1) is 19.8 Å². The first kappa shape index (κ1) is 15.8. The minimum Gasteiger partial charge on any atom is -0.491 e. The van der Waals surface area contributed by atoms with Crippen LogP contribution in [0.5, 0.6) is 5.75 Å². The number of rotatable bonds is 10. The van der Waals surface area contributed by atoms with E-state index >= 15 is 0 Å². The Morgan fingerprint density at radius 2 is 1.63 bits per heavy atom. The van der Waals surface area contributed by atoms with Crippen LogP contribution < -0.4 is 10.5 Å². The maximum absolute atomic E-state index is 5.59. The molecule has 0 saturated carbocycles. The summed E-state index contributed by atoms with van der Waals surface area (Å²) in [7, 11) is 0. The van der Waals surface area contributed by atoms with Gasteiger partial charge in [0.1, 0.15) is 12.4 Å². The van der Waals surface area contributed by atoms with Crippen molar-refractivity contribution in [2.24, 2.45) is 5.92 Å². The van der Waals surface area contributed by atoms with E-state index in [4.69, 9.17) is 19.9 Å². The van der Waals surface area contributed by atoms with Crippen LogP contribution in [0.4, 0.5) is 5.69 Å². The van der Waals surface area contributed by atoms with Gasteiger partial charge in [0, 0.05) is 12.3 Å². The van der Waals surface area contributed by atoms with Gasteiger partial charge in [-0.3, -0.25) is 0 Å². The highest BCUT2D eigenvalue weighted by Crippen LogP contribution is 2.12. The Labute approximate surface area is 115 Å². The van der Waals surface area contributed by atoms with E-state index in [-0.39, 0.29) is 0 Å². The molecule has 1 rings (SSSR count). The molecule has 1 unspecified atom stereocenters. The van der Waals surface area contributed by atoms with E-state index in [1.807, 2.05) is 24.3 Å². The normalized spacial score (nSPS) is 12.3. The second kappa shape index (κ2) is 9.64. The van der Waals surface area contributed by atoms with Crippen molar-refractivity contribution in [2.45, 2.75) is 20.3 Å². The third kappa shape index (κ3) is 7.70. The fourth-order valence-corrected chi connectivity index (χ4v) is 1.40. The Balaban J connectivity index is 1.92. The molecule has 1 aromatic carbocycles. The van der Waals surface area contributed by atoms with Gasteiger partial charge in [-0.15, -0.1) is 0 Å². The van der Waals surface area contributed by atoms with Gasteiger partial charge in [0.15, 0.2) is 0 Å². The lowest BCUT2D eigenvalue weighted by molar-refractivity contribution is 0.0261. The number of anilines is 1. The highest BCUT2D eigenvalue weighted by Gasteiger charge is 1.98. The average Bonchev–Trinajstić information content (AvgIpc) is 2.43. The SMILES string of the molecule is CCC(C)COCCOCCOc1ccc(N)cc1. The summed E-state index contributed by atoms with van der Waals surface area (Å²) in [6, 6.07) is 7.34. The van der Waals surface area contributed by atoms with Crippen molar-refractivity contribution in [2.75, 3.05) is 38.8 Å². The van der Waals surface area contributed by atoms with E-state index in [1.165, 1.54) is 0 Å². The lowest BCUT2D eigenvalue weighted by Gasteiger charge is -2.10. The third-order valence-electron chi connectivity index (χ3n) is 2.85. The van der Waals surface area contributed by atoms with Crippen LogP contribution in [-0.2, 0) is 9.47 Å². The minimum absolute atomic E-state index is 0.537. The van der Waals surface area contributed by atoms with Crippen molar-refractivity contribution in [3.8, 4) is 5.75 Å². The topological polar surface area (TPSA) is 53.7 Å². The second-order valence-electron chi connectivity index (χ2n) is 4.62. The molecule has 0 aliphatic carbocycles. The molecule has 0 heterocycles. The van der Waals surface area contributed by atoms with Gasteiger partial charge in [0.25, 0.3) is 0 Å². The van der Waals surface area contributed by atoms with Gasteiger partial charge in [-0.1, -0.05) is 20.3 Å². The summed E-state index contributed by atoms with van der Waals surface area (Å²) in [6.45, 7) is 7.52. The average molecular weight is 267 g/mol. The lowest BCUT2D eigenvalue weighted by atomic mass is 10.1. The molecule has 4 nitrogen and oxygen atoms in total. The zero-order valence-corrected chi connectivity index (χ0v) is 11.9. The molecule has 0 saturated heterocycles. The molecule has 0 amide bonds. The highest BCUT2D eigenvalue weighted by molar-refractivity contribution is 5.41. The van der Waals surface area contributed by atoms with Crippen LogP contribution in [0.15, 0.2) is 24.3 Å². The number of nitrogens with two attached hydrogens (primary N) is 1. The van der Waals surface area contributed by atoms with E-state index in [0.29, 0.717) is 32.3 Å². The van der Waals surface area contributed by atoms with Crippen LogP contribution in [0, 0.1) is 5.92 Å². The molecule has 0 radical (unpaired) electrons. The number of benzene rings is 1. The van der Waals surface area contributed by atoms with Crippen molar-refractivity contribution in [3.05, 3.63) is 24.3 Å². The monoisotopic (exact) mass is 267 g/mol. The Hall–Kier alpha value is -1.26. The summed E-state index contributed by atoms with van der Waals surface area (Å²) in [4.78, 5) is 0. The number of hydrogen-bond donors (Lipinski definition) is 1. The van der Waals surface area contributed by atoms with E-state index in [2.05, 4.69) is 13.8 Å². The molecule has 1 atom stereocenters. The molecule has 0 aliphatic rings. The predicted molar refractivity (Wildman–Crippen MR) is 77.4 cm³/mol. The third-order valence-corrected chi connectivity index (χ3v) is 2.85. The molecule has 0 fully saturated rings. The van der Waals surface area contributed by atoms with E-state index in [0.717, 1.165) is 24.5 Å². The molecule has 1 aromatic rings. The summed E-state index contributed by atoms with van der Waals surface area (Å²) < 4.78 is 16.4. The van der Waals surface area contributed by atoms with Gasteiger partial charge in [-0.2, -0.15) is 0 Å². The molecule has 4 heteroatoms. The molecule has 0 spiro atoms. The first-order chi connectivity index (χ1) is 9.22. The van der Waals surface area contributed by atoms with Crippen molar-refractivity contribution < 1.29 is 14.2 Å². The fourth-order valence-electron chi connectivity index (χ4n) is 1.40. The molecule has 2 N–H and O–H groups in total. The van der Waals surface area contributed by atoms with Crippen LogP contribution in [-0.4, -0.2) is 33.0 Å². The van der Waals surface area contributed by atoms with Crippen LogP contribution in [0.25, 0.3) is 0 Å². The Kier molecular flexibility index (Phi) is 8.02. The van der Waals surface area contributed by atoms with Gasteiger partial charge in [0.2, 0.25) is 0 Å². The summed E-state index contributed by atoms with van der Waals surface area (Å²) in [5.74, 6) is 1.43. The number of hydrogen-bond acceptors (Lipinski definition) is 4. The van der Waals surface area contributed by atoms with Crippen LogP contribution in [0.3, 0.4) is 0 Å². The standard InChI is InChI=1S/C15H25NO3/c1-3-13(2)12-18-9-8-17-10-11-19-15-6-4-14(16)5-7-15/h4-7,13H,3,8-12,16H2,1-2H3. The van der Waals surface area contributed by atoms with Crippen molar-refractivity contribution in [3.63, 3.8) is 0 Å². The summed E-state index contributed by atoms with van der Waals surface area (Å²) >= 11 is 0. The fraction of sp³-hybridized carbons (Fsp3) is 0.600. The molecular weight excluding hydrogens is 242 g/mol. The molecule has 0 bridgehead atoms. The van der Waals surface area contributed by atoms with Crippen molar-refractivity contribution in [1.29, 1.82) is 0 Å². The van der Waals surface area contributed by atoms with Gasteiger partial charge >= 0.3 is 0 Å². The molecule has 19 heavy (non-hydrogen) atoms. The molecule has 0 aromatic heterocycles. The maximum Gasteiger partial charge on any atom is 0.119 e. The van der Waals surface area contributed by atoms with E-state index in [1.54, 1.807) is 0 Å². The van der Waals surface area contributed by atoms with E-state index < -0.39 is 0 Å².